The maximum Gasteiger partial charge on any atom is 0.319 e. The van der Waals surface area contributed by atoms with Crippen molar-refractivity contribution in [2.24, 2.45) is 0 Å². The van der Waals surface area contributed by atoms with Gasteiger partial charge in [0.1, 0.15) is 17.7 Å². The molecule has 2 rings (SSSR count). The minimum absolute atomic E-state index is 0.113. The van der Waals surface area contributed by atoms with E-state index in [2.05, 4.69) is 16.0 Å². The number of imide groups is 1. The van der Waals surface area contributed by atoms with Crippen molar-refractivity contribution in [3.63, 3.8) is 0 Å². The second kappa shape index (κ2) is 5.64. The number of benzene rings is 1. The van der Waals surface area contributed by atoms with Crippen LogP contribution < -0.4 is 16.0 Å². The molecule has 106 valence electrons. The predicted octanol–water partition coefficient (Wildman–Crippen LogP) is 0.892. The Bertz CT molecular complexity index is 577. The van der Waals surface area contributed by atoms with E-state index >= 15 is 0 Å². The summed E-state index contributed by atoms with van der Waals surface area (Å²) in [7, 11) is 0. The molecule has 0 aromatic heterocycles. The molecule has 1 atom stereocenters. The van der Waals surface area contributed by atoms with Crippen molar-refractivity contribution in [1.29, 1.82) is 0 Å². The number of piperidine rings is 1. The van der Waals surface area contributed by atoms with Gasteiger partial charge in [-0.3, -0.25) is 14.9 Å². The van der Waals surface area contributed by atoms with Crippen LogP contribution in [0.5, 0.6) is 0 Å². The first-order valence-electron chi connectivity index (χ1n) is 5.82. The van der Waals surface area contributed by atoms with Crippen molar-refractivity contribution in [2.45, 2.75) is 18.9 Å². The Morgan fingerprint density at radius 3 is 2.70 bits per heavy atom. The molecule has 1 aliphatic heterocycles. The molecule has 1 fully saturated rings. The Hall–Kier alpha value is -2.51. The normalized spacial score (nSPS) is 18.4. The smallest absolute Gasteiger partial charge is 0.319 e. The number of amides is 4. The molecule has 1 aliphatic rings. The van der Waals surface area contributed by atoms with Gasteiger partial charge in [-0.25, -0.2) is 13.6 Å². The van der Waals surface area contributed by atoms with Crippen LogP contribution in [0.3, 0.4) is 0 Å². The number of nitrogens with one attached hydrogen (secondary N) is 3. The van der Waals surface area contributed by atoms with Crippen molar-refractivity contribution in [2.75, 3.05) is 5.32 Å². The van der Waals surface area contributed by atoms with Gasteiger partial charge in [0.2, 0.25) is 11.8 Å². The van der Waals surface area contributed by atoms with E-state index in [1.807, 2.05) is 0 Å². The molecule has 1 aromatic carbocycles. The van der Waals surface area contributed by atoms with Gasteiger partial charge >= 0.3 is 6.03 Å². The minimum Gasteiger partial charge on any atom is -0.326 e. The van der Waals surface area contributed by atoms with Crippen molar-refractivity contribution >= 4 is 23.5 Å². The highest BCUT2D eigenvalue weighted by Gasteiger charge is 2.27. The van der Waals surface area contributed by atoms with Crippen molar-refractivity contribution in [3.8, 4) is 0 Å². The molecule has 1 heterocycles. The lowest BCUT2D eigenvalue weighted by atomic mass is 10.1. The number of urea groups is 1. The molecule has 8 heteroatoms. The van der Waals surface area contributed by atoms with Gasteiger partial charge in [-0.2, -0.15) is 0 Å². The largest absolute Gasteiger partial charge is 0.326 e. The number of halogens is 2. The van der Waals surface area contributed by atoms with E-state index in [1.165, 1.54) is 0 Å². The van der Waals surface area contributed by atoms with Gasteiger partial charge in [0.05, 0.1) is 5.69 Å². The molecule has 0 bridgehead atoms. The standard InChI is InChI=1S/C12H11F2N3O3/c13-6-1-2-8(7(14)5-6)15-12(20)16-9-3-4-10(18)17-11(9)19/h1-2,5,9H,3-4H2,(H2,15,16,20)(H,17,18,19). The Balaban J connectivity index is 1.95. The summed E-state index contributed by atoms with van der Waals surface area (Å²) in [5, 5.41) is 6.54. The minimum atomic E-state index is -0.927. The van der Waals surface area contributed by atoms with E-state index in [0.717, 1.165) is 12.1 Å². The highest BCUT2D eigenvalue weighted by Crippen LogP contribution is 2.15. The van der Waals surface area contributed by atoms with Gasteiger partial charge in [0.15, 0.2) is 0 Å². The zero-order chi connectivity index (χ0) is 14.7. The topological polar surface area (TPSA) is 87.3 Å². The summed E-state index contributed by atoms with van der Waals surface area (Å²) in [4.78, 5) is 33.9. The number of carbonyl (C=O) groups excluding carboxylic acids is 3. The number of carbonyl (C=O) groups is 3. The molecule has 1 aromatic rings. The van der Waals surface area contributed by atoms with E-state index in [1.54, 1.807) is 0 Å². The molecule has 4 amide bonds. The maximum atomic E-state index is 13.3. The van der Waals surface area contributed by atoms with E-state index in [9.17, 15) is 23.2 Å². The van der Waals surface area contributed by atoms with Gasteiger partial charge in [-0.1, -0.05) is 0 Å². The molecule has 1 unspecified atom stereocenters. The fraction of sp³-hybridized carbons (Fsp3) is 0.250. The molecular formula is C12H11F2N3O3. The maximum absolute atomic E-state index is 13.3. The summed E-state index contributed by atoms with van der Waals surface area (Å²) < 4.78 is 26.0. The van der Waals surface area contributed by atoms with Crippen molar-refractivity contribution < 1.29 is 23.2 Å². The highest BCUT2D eigenvalue weighted by atomic mass is 19.1. The highest BCUT2D eigenvalue weighted by molar-refractivity contribution is 6.02. The van der Waals surface area contributed by atoms with Crippen LogP contribution in [-0.4, -0.2) is 23.9 Å². The number of hydrogen-bond donors (Lipinski definition) is 3. The lowest BCUT2D eigenvalue weighted by Gasteiger charge is -2.21. The van der Waals surface area contributed by atoms with Crippen LogP contribution in [-0.2, 0) is 9.59 Å². The molecular weight excluding hydrogens is 272 g/mol. The molecule has 3 N–H and O–H groups in total. The van der Waals surface area contributed by atoms with E-state index in [4.69, 9.17) is 0 Å². The van der Waals surface area contributed by atoms with E-state index in [-0.39, 0.29) is 18.5 Å². The fourth-order valence-corrected chi connectivity index (χ4v) is 1.74. The lowest BCUT2D eigenvalue weighted by molar-refractivity contribution is -0.134. The van der Waals surface area contributed by atoms with Gasteiger partial charge in [0, 0.05) is 12.5 Å². The van der Waals surface area contributed by atoms with Gasteiger partial charge in [0.25, 0.3) is 0 Å². The summed E-state index contributed by atoms with van der Waals surface area (Å²) >= 11 is 0. The van der Waals surface area contributed by atoms with Crippen LogP contribution in [0.4, 0.5) is 19.3 Å². The summed E-state index contributed by atoms with van der Waals surface area (Å²) in [6.07, 6.45) is 0.283. The van der Waals surface area contributed by atoms with E-state index in [0.29, 0.717) is 6.07 Å². The van der Waals surface area contributed by atoms with Crippen LogP contribution in [0.25, 0.3) is 0 Å². The molecule has 20 heavy (non-hydrogen) atoms. The van der Waals surface area contributed by atoms with Crippen LogP contribution in [0.1, 0.15) is 12.8 Å². The van der Waals surface area contributed by atoms with Crippen LogP contribution >= 0.6 is 0 Å². The molecule has 6 nitrogen and oxygen atoms in total. The quantitative estimate of drug-likeness (QED) is 0.704. The lowest BCUT2D eigenvalue weighted by Crippen LogP contribution is -2.53. The third-order valence-electron chi connectivity index (χ3n) is 2.72. The second-order valence-electron chi connectivity index (χ2n) is 4.23. The summed E-state index contributed by atoms with van der Waals surface area (Å²) in [5.41, 5.74) is -0.212. The Morgan fingerprint density at radius 1 is 1.30 bits per heavy atom. The van der Waals surface area contributed by atoms with Crippen molar-refractivity contribution in [1.82, 2.24) is 10.6 Å². The average molecular weight is 283 g/mol. The number of anilines is 1. The Labute approximate surface area is 112 Å². The summed E-state index contributed by atoms with van der Waals surface area (Å²) in [5.74, 6) is -2.71. The summed E-state index contributed by atoms with van der Waals surface area (Å²) in [6, 6.07) is 1.00. The molecule has 0 saturated carbocycles. The van der Waals surface area contributed by atoms with Gasteiger partial charge in [-0.15, -0.1) is 0 Å². The van der Waals surface area contributed by atoms with E-state index < -0.39 is 35.5 Å². The Kier molecular flexibility index (Phi) is 3.92. The van der Waals surface area contributed by atoms with Crippen LogP contribution in [0.15, 0.2) is 18.2 Å². The van der Waals surface area contributed by atoms with Crippen molar-refractivity contribution in [3.05, 3.63) is 29.8 Å². The second-order valence-corrected chi connectivity index (χ2v) is 4.23. The van der Waals surface area contributed by atoms with Crippen LogP contribution in [0, 0.1) is 11.6 Å². The van der Waals surface area contributed by atoms with Crippen LogP contribution in [0.2, 0.25) is 0 Å². The molecule has 0 spiro atoms. The number of hydrogen-bond acceptors (Lipinski definition) is 3. The Morgan fingerprint density at radius 2 is 2.05 bits per heavy atom. The first-order valence-corrected chi connectivity index (χ1v) is 5.82. The molecule has 1 saturated heterocycles. The third-order valence-corrected chi connectivity index (χ3v) is 2.72. The first kappa shape index (κ1) is 13.9. The number of rotatable bonds is 2. The monoisotopic (exact) mass is 283 g/mol. The average Bonchev–Trinajstić information content (AvgIpc) is 2.36. The fourth-order valence-electron chi connectivity index (χ4n) is 1.74. The predicted molar refractivity (Wildman–Crippen MR) is 64.7 cm³/mol. The molecule has 0 aliphatic carbocycles. The third kappa shape index (κ3) is 3.28. The van der Waals surface area contributed by atoms with Gasteiger partial charge < -0.3 is 10.6 Å². The first-order chi connectivity index (χ1) is 9.45. The summed E-state index contributed by atoms with van der Waals surface area (Å²) in [6.45, 7) is 0. The zero-order valence-electron chi connectivity index (χ0n) is 10.2. The SMILES string of the molecule is O=C1CCC(NC(=O)Nc2ccc(F)cc2F)C(=O)N1. The zero-order valence-corrected chi connectivity index (χ0v) is 10.2. The van der Waals surface area contributed by atoms with Gasteiger partial charge in [-0.05, 0) is 18.6 Å². The molecule has 0 radical (unpaired) electrons.